The van der Waals surface area contributed by atoms with Gasteiger partial charge in [0.25, 0.3) is 11.5 Å². The number of aromatic nitrogens is 1. The van der Waals surface area contributed by atoms with Gasteiger partial charge in [0.2, 0.25) is 0 Å². The number of ketones is 1. The number of amides is 1. The number of nitrogens with one attached hydrogen (secondary N) is 2. The van der Waals surface area contributed by atoms with E-state index >= 15 is 0 Å². The Balaban J connectivity index is 1.63. The van der Waals surface area contributed by atoms with Crippen molar-refractivity contribution in [2.24, 2.45) is 0 Å². The lowest BCUT2D eigenvalue weighted by Gasteiger charge is -2.24. The van der Waals surface area contributed by atoms with Gasteiger partial charge >= 0.3 is 0 Å². The number of hydrogen-bond donors (Lipinski definition) is 2. The third kappa shape index (κ3) is 3.76. The second-order valence-electron chi connectivity index (χ2n) is 7.62. The zero-order valence-electron chi connectivity index (χ0n) is 16.4. The first-order valence-electron chi connectivity index (χ1n) is 9.65. The number of hydrogen-bond acceptors (Lipinski definition) is 3. The van der Waals surface area contributed by atoms with Gasteiger partial charge in [-0.2, -0.15) is 0 Å². The molecule has 0 fully saturated rings. The van der Waals surface area contributed by atoms with Crippen LogP contribution in [0.5, 0.6) is 0 Å². The van der Waals surface area contributed by atoms with Crippen LogP contribution in [0.3, 0.4) is 0 Å². The van der Waals surface area contributed by atoms with Gasteiger partial charge in [-0.15, -0.1) is 0 Å². The molecule has 5 nitrogen and oxygen atoms in total. The van der Waals surface area contributed by atoms with Crippen molar-refractivity contribution in [3.8, 4) is 0 Å². The second kappa shape index (κ2) is 7.51. The number of carbonyl (C=O) groups is 2. The van der Waals surface area contributed by atoms with Crippen LogP contribution in [0.15, 0.2) is 59.4 Å². The van der Waals surface area contributed by atoms with Crippen LogP contribution in [0.25, 0.3) is 0 Å². The fourth-order valence-electron chi connectivity index (χ4n) is 3.90. The number of rotatable bonds is 3. The van der Waals surface area contributed by atoms with E-state index in [1.165, 1.54) is 6.07 Å². The largest absolute Gasteiger partial charge is 0.325 e. The number of fused-ring (bicyclic) bond motifs is 1. The van der Waals surface area contributed by atoms with E-state index in [2.05, 4.69) is 10.3 Å². The molecule has 3 aromatic rings. The Hall–Kier alpha value is -3.47. The smallest absolute Gasteiger partial charge is 0.261 e. The molecule has 0 saturated carbocycles. The highest BCUT2D eigenvalue weighted by Crippen LogP contribution is 2.31. The standard InChI is InChI=1S/C24H22N2O3/c1-14-8-9-20(15(2)10-14)25-23(28)19-13-18-21(26-24(19)29)11-17(12-22(18)27)16-6-4-3-5-7-16/h3-10,13,17H,11-12H2,1-2H3,(H,25,28)(H,26,29)/t17-/m1/s1. The lowest BCUT2D eigenvalue weighted by Crippen LogP contribution is -2.29. The Morgan fingerprint density at radius 3 is 2.48 bits per heavy atom. The monoisotopic (exact) mass is 386 g/mol. The fraction of sp³-hybridized carbons (Fsp3) is 0.208. The normalized spacial score (nSPS) is 15.7. The molecule has 2 N–H and O–H groups in total. The number of aromatic amines is 1. The molecule has 146 valence electrons. The van der Waals surface area contributed by atoms with E-state index in [4.69, 9.17) is 0 Å². The van der Waals surface area contributed by atoms with Crippen LogP contribution in [0.2, 0.25) is 0 Å². The summed E-state index contributed by atoms with van der Waals surface area (Å²) in [7, 11) is 0. The van der Waals surface area contributed by atoms with E-state index in [0.717, 1.165) is 16.7 Å². The summed E-state index contributed by atoms with van der Waals surface area (Å²) in [5, 5.41) is 2.78. The quantitative estimate of drug-likeness (QED) is 0.709. The minimum Gasteiger partial charge on any atom is -0.325 e. The Labute approximate surface area is 168 Å². The molecule has 0 radical (unpaired) electrons. The van der Waals surface area contributed by atoms with Crippen LogP contribution in [-0.2, 0) is 6.42 Å². The molecule has 1 aromatic heterocycles. The fourth-order valence-corrected chi connectivity index (χ4v) is 3.90. The zero-order chi connectivity index (χ0) is 20.5. The first-order valence-corrected chi connectivity index (χ1v) is 9.65. The maximum atomic E-state index is 12.8. The zero-order valence-corrected chi connectivity index (χ0v) is 16.4. The minimum atomic E-state index is -0.515. The number of pyridine rings is 1. The molecule has 1 amide bonds. The van der Waals surface area contributed by atoms with Crippen molar-refractivity contribution in [3.63, 3.8) is 0 Å². The van der Waals surface area contributed by atoms with Crippen molar-refractivity contribution in [1.82, 2.24) is 4.98 Å². The van der Waals surface area contributed by atoms with Crippen molar-refractivity contribution >= 4 is 17.4 Å². The van der Waals surface area contributed by atoms with Crippen LogP contribution in [0.4, 0.5) is 5.69 Å². The molecular weight excluding hydrogens is 364 g/mol. The predicted molar refractivity (Wildman–Crippen MR) is 113 cm³/mol. The second-order valence-corrected chi connectivity index (χ2v) is 7.62. The maximum Gasteiger partial charge on any atom is 0.261 e. The van der Waals surface area contributed by atoms with Crippen molar-refractivity contribution in [3.05, 3.63) is 98.5 Å². The first-order chi connectivity index (χ1) is 13.9. The highest BCUT2D eigenvalue weighted by Gasteiger charge is 2.28. The van der Waals surface area contributed by atoms with Crippen LogP contribution < -0.4 is 10.9 Å². The van der Waals surface area contributed by atoms with Crippen molar-refractivity contribution < 1.29 is 9.59 Å². The summed E-state index contributed by atoms with van der Waals surface area (Å²) < 4.78 is 0. The lowest BCUT2D eigenvalue weighted by atomic mass is 9.81. The highest BCUT2D eigenvalue weighted by molar-refractivity contribution is 6.07. The topological polar surface area (TPSA) is 79.0 Å². The summed E-state index contributed by atoms with van der Waals surface area (Å²) in [5.41, 5.74) is 4.23. The van der Waals surface area contributed by atoms with E-state index in [0.29, 0.717) is 29.8 Å². The summed E-state index contributed by atoms with van der Waals surface area (Å²) in [6, 6.07) is 16.9. The molecule has 0 unspecified atom stereocenters. The van der Waals surface area contributed by atoms with E-state index in [-0.39, 0.29) is 17.3 Å². The molecule has 5 heteroatoms. The number of H-pyrrole nitrogens is 1. The summed E-state index contributed by atoms with van der Waals surface area (Å²) >= 11 is 0. The number of anilines is 1. The van der Waals surface area contributed by atoms with Gasteiger partial charge in [-0.3, -0.25) is 14.4 Å². The van der Waals surface area contributed by atoms with Gasteiger partial charge < -0.3 is 10.3 Å². The van der Waals surface area contributed by atoms with E-state index in [1.54, 1.807) is 0 Å². The van der Waals surface area contributed by atoms with E-state index in [9.17, 15) is 14.4 Å². The molecule has 0 aliphatic heterocycles. The number of Topliss-reactive ketones (excluding diaryl/α,β-unsaturated/α-hetero) is 1. The molecule has 0 bridgehead atoms. The average Bonchev–Trinajstić information content (AvgIpc) is 2.70. The van der Waals surface area contributed by atoms with E-state index in [1.807, 2.05) is 62.4 Å². The molecular formula is C24H22N2O3. The van der Waals surface area contributed by atoms with Gasteiger partial charge in [0, 0.05) is 23.4 Å². The van der Waals surface area contributed by atoms with Crippen LogP contribution in [-0.4, -0.2) is 16.7 Å². The molecule has 29 heavy (non-hydrogen) atoms. The number of benzene rings is 2. The Bertz CT molecular complexity index is 1160. The highest BCUT2D eigenvalue weighted by atomic mass is 16.2. The van der Waals surface area contributed by atoms with Gasteiger partial charge in [-0.05, 0) is 49.4 Å². The number of aryl methyl sites for hydroxylation is 2. The summed E-state index contributed by atoms with van der Waals surface area (Å²) in [5.74, 6) is -0.544. The molecule has 1 heterocycles. The SMILES string of the molecule is Cc1ccc(NC(=O)c2cc3c([nH]c2=O)C[C@@H](c2ccccc2)CC3=O)c(C)c1. The third-order valence-corrected chi connectivity index (χ3v) is 5.45. The third-order valence-electron chi connectivity index (χ3n) is 5.45. The van der Waals surface area contributed by atoms with Crippen LogP contribution >= 0.6 is 0 Å². The molecule has 1 atom stereocenters. The first kappa shape index (κ1) is 18.9. The van der Waals surface area contributed by atoms with Gasteiger partial charge in [0.1, 0.15) is 5.56 Å². The van der Waals surface area contributed by atoms with Gasteiger partial charge in [0.05, 0.1) is 0 Å². The van der Waals surface area contributed by atoms with Crippen molar-refractivity contribution in [2.75, 3.05) is 5.32 Å². The Morgan fingerprint density at radius 2 is 1.76 bits per heavy atom. The molecule has 0 spiro atoms. The maximum absolute atomic E-state index is 12.8. The van der Waals surface area contributed by atoms with Gasteiger partial charge in [-0.25, -0.2) is 0 Å². The molecule has 2 aromatic carbocycles. The van der Waals surface area contributed by atoms with E-state index < -0.39 is 11.5 Å². The summed E-state index contributed by atoms with van der Waals surface area (Å²) in [4.78, 5) is 40.8. The van der Waals surface area contributed by atoms with Gasteiger partial charge in [-0.1, -0.05) is 48.0 Å². The minimum absolute atomic E-state index is 0.0294. The van der Waals surface area contributed by atoms with Gasteiger partial charge in [0.15, 0.2) is 5.78 Å². The van der Waals surface area contributed by atoms with Crippen LogP contribution in [0, 0.1) is 13.8 Å². The summed E-state index contributed by atoms with van der Waals surface area (Å²) in [6.45, 7) is 3.87. The molecule has 0 saturated heterocycles. The van der Waals surface area contributed by atoms with Crippen molar-refractivity contribution in [2.45, 2.75) is 32.6 Å². The molecule has 4 rings (SSSR count). The Kier molecular flexibility index (Phi) is 4.89. The number of carbonyl (C=O) groups excluding carboxylic acids is 2. The summed E-state index contributed by atoms with van der Waals surface area (Å²) in [6.07, 6.45) is 0.931. The molecule has 1 aliphatic rings. The molecule has 1 aliphatic carbocycles. The van der Waals surface area contributed by atoms with Crippen molar-refractivity contribution in [1.29, 1.82) is 0 Å². The lowest BCUT2D eigenvalue weighted by molar-refractivity contribution is 0.0963. The predicted octanol–water partition coefficient (Wildman–Crippen LogP) is 4.16. The van der Waals surface area contributed by atoms with Crippen LogP contribution in [0.1, 0.15) is 55.4 Å². The average molecular weight is 386 g/mol. The Morgan fingerprint density at radius 1 is 1.00 bits per heavy atom.